The van der Waals surface area contributed by atoms with Gasteiger partial charge in [-0.2, -0.15) is 5.10 Å². The number of amides is 1. The smallest absolute Gasteiger partial charge is 0.271 e. The zero-order chi connectivity index (χ0) is 24.0. The van der Waals surface area contributed by atoms with E-state index in [-0.39, 0.29) is 23.3 Å². The summed E-state index contributed by atoms with van der Waals surface area (Å²) >= 11 is 0. The SMILES string of the molecule is CCN(CC)CCCC(C)NC(=O)c1cc(-c2ccc(C)o2)nn1-c1cccc([N+](=O)[O-])c1. The normalized spacial score (nSPS) is 12.2. The van der Waals surface area contributed by atoms with E-state index in [9.17, 15) is 14.9 Å². The summed E-state index contributed by atoms with van der Waals surface area (Å²) in [5.41, 5.74) is 1.12. The van der Waals surface area contributed by atoms with Gasteiger partial charge in [0.15, 0.2) is 5.76 Å². The Morgan fingerprint density at radius 1 is 1.24 bits per heavy atom. The summed E-state index contributed by atoms with van der Waals surface area (Å²) in [5.74, 6) is 0.958. The first-order chi connectivity index (χ1) is 15.8. The van der Waals surface area contributed by atoms with Crippen molar-refractivity contribution in [2.24, 2.45) is 0 Å². The number of nitro benzene ring substituents is 1. The Bertz CT molecular complexity index is 1100. The highest BCUT2D eigenvalue weighted by Gasteiger charge is 2.21. The highest BCUT2D eigenvalue weighted by atomic mass is 16.6. The van der Waals surface area contributed by atoms with Crippen molar-refractivity contribution in [3.63, 3.8) is 0 Å². The second kappa shape index (κ2) is 10.9. The van der Waals surface area contributed by atoms with Crippen molar-refractivity contribution in [3.8, 4) is 17.1 Å². The number of furan rings is 1. The molecule has 1 N–H and O–H groups in total. The number of carbonyl (C=O) groups is 1. The van der Waals surface area contributed by atoms with Gasteiger partial charge in [0, 0.05) is 24.2 Å². The number of nitrogens with zero attached hydrogens (tertiary/aromatic N) is 4. The van der Waals surface area contributed by atoms with Gasteiger partial charge in [0.2, 0.25) is 0 Å². The first-order valence-corrected chi connectivity index (χ1v) is 11.3. The maximum atomic E-state index is 13.2. The fourth-order valence-electron chi connectivity index (χ4n) is 3.70. The number of hydrogen-bond donors (Lipinski definition) is 1. The van der Waals surface area contributed by atoms with Crippen LogP contribution in [0.2, 0.25) is 0 Å². The van der Waals surface area contributed by atoms with Crippen LogP contribution in [0.5, 0.6) is 0 Å². The molecule has 0 saturated carbocycles. The van der Waals surface area contributed by atoms with Crippen LogP contribution in [0, 0.1) is 17.0 Å². The number of nitrogens with one attached hydrogen (secondary N) is 1. The number of non-ortho nitro benzene ring substituents is 1. The van der Waals surface area contributed by atoms with Crippen molar-refractivity contribution in [3.05, 3.63) is 64.0 Å². The highest BCUT2D eigenvalue weighted by molar-refractivity contribution is 5.94. The van der Waals surface area contributed by atoms with Gasteiger partial charge in [-0.05, 0) is 64.5 Å². The molecule has 1 aromatic carbocycles. The van der Waals surface area contributed by atoms with Gasteiger partial charge in [0.05, 0.1) is 10.6 Å². The fourth-order valence-corrected chi connectivity index (χ4v) is 3.70. The van der Waals surface area contributed by atoms with Gasteiger partial charge in [-0.3, -0.25) is 14.9 Å². The molecule has 1 unspecified atom stereocenters. The molecule has 0 bridgehead atoms. The van der Waals surface area contributed by atoms with Crippen LogP contribution in [0.3, 0.4) is 0 Å². The van der Waals surface area contributed by atoms with Crippen molar-refractivity contribution in [1.29, 1.82) is 0 Å². The molecule has 0 aliphatic rings. The summed E-state index contributed by atoms with van der Waals surface area (Å²) in [4.78, 5) is 26.3. The van der Waals surface area contributed by atoms with Gasteiger partial charge in [-0.1, -0.05) is 19.9 Å². The van der Waals surface area contributed by atoms with Gasteiger partial charge in [-0.25, -0.2) is 4.68 Å². The lowest BCUT2D eigenvalue weighted by atomic mass is 10.1. The number of aromatic nitrogens is 2. The van der Waals surface area contributed by atoms with Gasteiger partial charge in [0.25, 0.3) is 11.6 Å². The van der Waals surface area contributed by atoms with Crippen LogP contribution >= 0.6 is 0 Å². The molecular weight excluding hydrogens is 422 g/mol. The van der Waals surface area contributed by atoms with E-state index in [0.717, 1.165) is 38.2 Å². The van der Waals surface area contributed by atoms with Crippen molar-refractivity contribution in [2.45, 2.75) is 46.6 Å². The standard InChI is InChI=1S/C24H31N5O4/c1-5-27(6-2)14-8-9-17(3)25-24(30)22-16-21(23-13-12-18(4)33-23)26-28(22)19-10-7-11-20(15-19)29(31)32/h7,10-13,15-17H,5-6,8-9,14H2,1-4H3,(H,25,30). The molecule has 3 aromatic rings. The third kappa shape index (κ3) is 6.07. The minimum atomic E-state index is -0.471. The predicted octanol–water partition coefficient (Wildman–Crippen LogP) is 4.59. The highest BCUT2D eigenvalue weighted by Crippen LogP contribution is 2.25. The maximum Gasteiger partial charge on any atom is 0.271 e. The Balaban J connectivity index is 1.85. The first kappa shape index (κ1) is 24.2. The van der Waals surface area contributed by atoms with E-state index in [4.69, 9.17) is 4.42 Å². The molecule has 0 spiro atoms. The Hall–Kier alpha value is -3.46. The third-order valence-electron chi connectivity index (χ3n) is 5.60. The molecule has 176 valence electrons. The monoisotopic (exact) mass is 453 g/mol. The second-order valence-corrected chi connectivity index (χ2v) is 8.06. The molecule has 9 heteroatoms. The Kier molecular flexibility index (Phi) is 8.00. The molecule has 0 fully saturated rings. The molecule has 3 rings (SSSR count). The topological polar surface area (TPSA) is 106 Å². The van der Waals surface area contributed by atoms with Crippen molar-refractivity contribution >= 4 is 11.6 Å². The van der Waals surface area contributed by atoms with E-state index in [0.29, 0.717) is 17.1 Å². The first-order valence-electron chi connectivity index (χ1n) is 11.3. The fraction of sp³-hybridized carbons (Fsp3) is 0.417. The number of rotatable bonds is 11. The number of hydrogen-bond acceptors (Lipinski definition) is 6. The largest absolute Gasteiger partial charge is 0.460 e. The number of carbonyl (C=O) groups excluding carboxylic acids is 1. The zero-order valence-electron chi connectivity index (χ0n) is 19.6. The van der Waals surface area contributed by atoms with Crippen LogP contribution in [-0.2, 0) is 0 Å². The maximum absolute atomic E-state index is 13.2. The van der Waals surface area contributed by atoms with Crippen LogP contribution < -0.4 is 5.32 Å². The van der Waals surface area contributed by atoms with E-state index in [1.807, 2.05) is 19.9 Å². The average molecular weight is 454 g/mol. The lowest BCUT2D eigenvalue weighted by Crippen LogP contribution is -2.34. The zero-order valence-corrected chi connectivity index (χ0v) is 19.6. The lowest BCUT2D eigenvalue weighted by molar-refractivity contribution is -0.384. The summed E-state index contributed by atoms with van der Waals surface area (Å²) in [6, 6.07) is 11.3. The van der Waals surface area contributed by atoms with Crippen molar-refractivity contribution < 1.29 is 14.1 Å². The van der Waals surface area contributed by atoms with Crippen LogP contribution in [0.1, 0.15) is 49.9 Å². The summed E-state index contributed by atoms with van der Waals surface area (Å²) in [6.45, 7) is 11.1. The molecule has 0 radical (unpaired) electrons. The van der Waals surface area contributed by atoms with Gasteiger partial charge in [0.1, 0.15) is 17.1 Å². The minimum absolute atomic E-state index is 0.0316. The molecule has 0 aliphatic carbocycles. The molecule has 0 aliphatic heterocycles. The summed E-state index contributed by atoms with van der Waals surface area (Å²) in [5, 5.41) is 18.8. The third-order valence-corrected chi connectivity index (χ3v) is 5.60. The molecule has 9 nitrogen and oxygen atoms in total. The predicted molar refractivity (Wildman–Crippen MR) is 127 cm³/mol. The van der Waals surface area contributed by atoms with Gasteiger partial charge < -0.3 is 14.6 Å². The number of nitro groups is 1. The van der Waals surface area contributed by atoms with Crippen LogP contribution in [0.25, 0.3) is 17.1 Å². The van der Waals surface area contributed by atoms with Crippen molar-refractivity contribution in [2.75, 3.05) is 19.6 Å². The van der Waals surface area contributed by atoms with Crippen LogP contribution in [-0.4, -0.2) is 51.2 Å². The Morgan fingerprint density at radius 2 is 2.00 bits per heavy atom. The summed E-state index contributed by atoms with van der Waals surface area (Å²) < 4.78 is 7.10. The molecule has 1 amide bonds. The van der Waals surface area contributed by atoms with Gasteiger partial charge >= 0.3 is 0 Å². The van der Waals surface area contributed by atoms with E-state index >= 15 is 0 Å². The average Bonchev–Trinajstić information content (AvgIpc) is 3.43. The molecule has 2 aromatic heterocycles. The molecule has 0 saturated heterocycles. The molecule has 1 atom stereocenters. The van der Waals surface area contributed by atoms with Crippen molar-refractivity contribution in [1.82, 2.24) is 20.0 Å². The molecule has 2 heterocycles. The Morgan fingerprint density at radius 3 is 2.64 bits per heavy atom. The summed E-state index contributed by atoms with van der Waals surface area (Å²) in [7, 11) is 0. The number of benzene rings is 1. The van der Waals surface area contributed by atoms with E-state index in [2.05, 4.69) is 29.2 Å². The molecular formula is C24H31N5O4. The van der Waals surface area contributed by atoms with E-state index in [1.165, 1.54) is 16.8 Å². The second-order valence-electron chi connectivity index (χ2n) is 8.06. The van der Waals surface area contributed by atoms with E-state index < -0.39 is 4.92 Å². The number of aryl methyl sites for hydroxylation is 1. The Labute approximate surface area is 193 Å². The quantitative estimate of drug-likeness (QED) is 0.336. The van der Waals surface area contributed by atoms with E-state index in [1.54, 1.807) is 24.3 Å². The minimum Gasteiger partial charge on any atom is -0.460 e. The summed E-state index contributed by atoms with van der Waals surface area (Å²) in [6.07, 6.45) is 1.82. The van der Waals surface area contributed by atoms with Crippen LogP contribution in [0.15, 0.2) is 46.9 Å². The molecule has 33 heavy (non-hydrogen) atoms. The van der Waals surface area contributed by atoms with Gasteiger partial charge in [-0.15, -0.1) is 0 Å². The van der Waals surface area contributed by atoms with Crippen LogP contribution in [0.4, 0.5) is 5.69 Å². The lowest BCUT2D eigenvalue weighted by Gasteiger charge is -2.20.